The molecule has 0 aliphatic heterocycles. The van der Waals surface area contributed by atoms with Gasteiger partial charge in [-0.15, -0.1) is 0 Å². The summed E-state index contributed by atoms with van der Waals surface area (Å²) in [4.78, 5) is 35.0. The SMILES string of the molecule is CNC(=O)NC(=O)COC(=O)C12CC3CC(CC(C3)C1)C2. The van der Waals surface area contributed by atoms with Crippen molar-refractivity contribution >= 4 is 17.9 Å². The van der Waals surface area contributed by atoms with Crippen LogP contribution in [0.2, 0.25) is 0 Å². The molecule has 0 aromatic heterocycles. The lowest BCUT2D eigenvalue weighted by Gasteiger charge is -2.55. The van der Waals surface area contributed by atoms with Gasteiger partial charge in [0.15, 0.2) is 6.61 Å². The third-order valence-corrected chi connectivity index (χ3v) is 5.29. The molecular formula is C15H22N2O4. The van der Waals surface area contributed by atoms with Crippen LogP contribution in [-0.4, -0.2) is 31.6 Å². The first-order valence-electron chi connectivity index (χ1n) is 7.69. The first-order valence-corrected chi connectivity index (χ1v) is 7.69. The molecule has 0 spiro atoms. The molecule has 4 aliphatic carbocycles. The minimum atomic E-state index is -0.592. The predicted molar refractivity (Wildman–Crippen MR) is 74.2 cm³/mol. The zero-order chi connectivity index (χ0) is 15.0. The molecule has 3 amide bonds. The van der Waals surface area contributed by atoms with Gasteiger partial charge >= 0.3 is 12.0 Å². The fourth-order valence-corrected chi connectivity index (χ4v) is 4.87. The maximum Gasteiger partial charge on any atom is 0.321 e. The van der Waals surface area contributed by atoms with E-state index in [-0.39, 0.29) is 18.0 Å². The van der Waals surface area contributed by atoms with Gasteiger partial charge in [0.25, 0.3) is 5.91 Å². The number of imide groups is 1. The van der Waals surface area contributed by atoms with Crippen molar-refractivity contribution in [1.29, 1.82) is 0 Å². The number of amides is 3. The van der Waals surface area contributed by atoms with Gasteiger partial charge < -0.3 is 10.1 Å². The Balaban J connectivity index is 1.56. The molecule has 0 heterocycles. The van der Waals surface area contributed by atoms with E-state index in [2.05, 4.69) is 10.6 Å². The molecule has 0 unspecified atom stereocenters. The highest BCUT2D eigenvalue weighted by Crippen LogP contribution is 2.60. The van der Waals surface area contributed by atoms with Gasteiger partial charge in [0.1, 0.15) is 0 Å². The number of carbonyl (C=O) groups is 3. The molecule has 2 N–H and O–H groups in total. The standard InChI is InChI=1S/C15H22N2O4/c1-16-14(20)17-12(18)8-21-13(19)15-5-9-2-10(6-15)4-11(3-9)7-15/h9-11H,2-8H2,1H3,(H2,16,17,18,20). The van der Waals surface area contributed by atoms with E-state index in [9.17, 15) is 14.4 Å². The van der Waals surface area contributed by atoms with Crippen LogP contribution < -0.4 is 10.6 Å². The average Bonchev–Trinajstić information content (AvgIpc) is 2.43. The molecule has 116 valence electrons. The second-order valence-corrected chi connectivity index (χ2v) is 6.90. The summed E-state index contributed by atoms with van der Waals surface area (Å²) in [7, 11) is 1.42. The third-order valence-electron chi connectivity index (χ3n) is 5.29. The molecule has 4 fully saturated rings. The molecule has 4 saturated carbocycles. The lowest BCUT2D eigenvalue weighted by Crippen LogP contribution is -2.51. The lowest BCUT2D eigenvalue weighted by atomic mass is 9.49. The van der Waals surface area contributed by atoms with Gasteiger partial charge in [-0.1, -0.05) is 0 Å². The van der Waals surface area contributed by atoms with Gasteiger partial charge in [-0.3, -0.25) is 14.9 Å². The Bertz CT molecular complexity index is 439. The highest BCUT2D eigenvalue weighted by atomic mass is 16.5. The Morgan fingerprint density at radius 3 is 2.05 bits per heavy atom. The zero-order valence-corrected chi connectivity index (χ0v) is 12.3. The average molecular weight is 294 g/mol. The van der Waals surface area contributed by atoms with Crippen molar-refractivity contribution in [2.75, 3.05) is 13.7 Å². The fraction of sp³-hybridized carbons (Fsp3) is 0.800. The van der Waals surface area contributed by atoms with Gasteiger partial charge in [-0.2, -0.15) is 0 Å². The first kappa shape index (κ1) is 14.4. The lowest BCUT2D eigenvalue weighted by molar-refractivity contribution is -0.173. The van der Waals surface area contributed by atoms with Crippen LogP contribution in [0.1, 0.15) is 38.5 Å². The van der Waals surface area contributed by atoms with Crippen LogP contribution in [0.3, 0.4) is 0 Å². The predicted octanol–water partition coefficient (Wildman–Crippen LogP) is 1.20. The molecule has 0 atom stereocenters. The van der Waals surface area contributed by atoms with Gasteiger partial charge in [0, 0.05) is 7.05 Å². The third kappa shape index (κ3) is 2.76. The van der Waals surface area contributed by atoms with Gasteiger partial charge in [-0.05, 0) is 56.3 Å². The van der Waals surface area contributed by atoms with E-state index < -0.39 is 11.9 Å². The summed E-state index contributed by atoms with van der Waals surface area (Å²) in [6.45, 7) is -0.381. The second-order valence-electron chi connectivity index (χ2n) is 6.90. The Kier molecular flexibility index (Phi) is 3.63. The number of urea groups is 1. The van der Waals surface area contributed by atoms with E-state index in [0.717, 1.165) is 19.3 Å². The molecule has 4 aliphatic rings. The van der Waals surface area contributed by atoms with Gasteiger partial charge in [-0.25, -0.2) is 4.79 Å². The molecule has 4 rings (SSSR count). The van der Waals surface area contributed by atoms with Crippen molar-refractivity contribution in [2.45, 2.75) is 38.5 Å². The van der Waals surface area contributed by atoms with Gasteiger partial charge in [0.2, 0.25) is 0 Å². The van der Waals surface area contributed by atoms with E-state index >= 15 is 0 Å². The maximum atomic E-state index is 12.5. The van der Waals surface area contributed by atoms with Crippen molar-refractivity contribution in [1.82, 2.24) is 10.6 Å². The highest BCUT2D eigenvalue weighted by Gasteiger charge is 2.55. The van der Waals surface area contributed by atoms with Gasteiger partial charge in [0.05, 0.1) is 5.41 Å². The molecule has 0 aromatic rings. The van der Waals surface area contributed by atoms with Crippen LogP contribution in [-0.2, 0) is 14.3 Å². The van der Waals surface area contributed by atoms with E-state index in [1.54, 1.807) is 0 Å². The van der Waals surface area contributed by atoms with Crippen LogP contribution >= 0.6 is 0 Å². The zero-order valence-electron chi connectivity index (χ0n) is 12.3. The normalized spacial score (nSPS) is 36.1. The summed E-state index contributed by atoms with van der Waals surface area (Å²) in [5.74, 6) is 1.14. The Morgan fingerprint density at radius 1 is 1.05 bits per heavy atom. The van der Waals surface area contributed by atoms with Crippen molar-refractivity contribution in [3.8, 4) is 0 Å². The minimum absolute atomic E-state index is 0.242. The van der Waals surface area contributed by atoms with Crippen molar-refractivity contribution < 1.29 is 19.1 Å². The maximum absolute atomic E-state index is 12.5. The molecule has 0 radical (unpaired) electrons. The van der Waals surface area contributed by atoms with Crippen molar-refractivity contribution in [3.05, 3.63) is 0 Å². The number of carbonyl (C=O) groups excluding carboxylic acids is 3. The number of hydrogen-bond donors (Lipinski definition) is 2. The molecule has 21 heavy (non-hydrogen) atoms. The van der Waals surface area contributed by atoms with Crippen molar-refractivity contribution in [2.24, 2.45) is 23.2 Å². The Morgan fingerprint density at radius 2 is 1.57 bits per heavy atom. The van der Waals surface area contributed by atoms with Crippen LogP contribution in [0.15, 0.2) is 0 Å². The Labute approximate surface area is 124 Å². The number of nitrogens with one attached hydrogen (secondary N) is 2. The van der Waals surface area contributed by atoms with E-state index in [4.69, 9.17) is 4.74 Å². The second kappa shape index (κ2) is 5.31. The summed E-state index contributed by atoms with van der Waals surface area (Å²) in [6.07, 6.45) is 6.50. The first-order chi connectivity index (χ1) is 10.0. The molecule has 4 bridgehead atoms. The van der Waals surface area contributed by atoms with Crippen LogP contribution in [0.4, 0.5) is 4.79 Å². The van der Waals surface area contributed by atoms with Crippen LogP contribution in [0, 0.1) is 23.2 Å². The largest absolute Gasteiger partial charge is 0.455 e. The number of esters is 1. The van der Waals surface area contributed by atoms with Crippen LogP contribution in [0.5, 0.6) is 0 Å². The Hall–Kier alpha value is -1.59. The summed E-state index contributed by atoms with van der Waals surface area (Å²) >= 11 is 0. The van der Waals surface area contributed by atoms with Crippen LogP contribution in [0.25, 0.3) is 0 Å². The molecule has 0 saturated heterocycles. The van der Waals surface area contributed by atoms with E-state index in [1.165, 1.54) is 26.3 Å². The van der Waals surface area contributed by atoms with Crippen molar-refractivity contribution in [3.63, 3.8) is 0 Å². The molecule has 6 nitrogen and oxygen atoms in total. The van der Waals surface area contributed by atoms with E-state index in [0.29, 0.717) is 17.8 Å². The minimum Gasteiger partial charge on any atom is -0.455 e. The molecule has 0 aromatic carbocycles. The summed E-state index contributed by atoms with van der Waals surface area (Å²) in [5.41, 5.74) is -0.359. The highest BCUT2D eigenvalue weighted by molar-refractivity contribution is 5.95. The molecular weight excluding hydrogens is 272 g/mol. The smallest absolute Gasteiger partial charge is 0.321 e. The monoisotopic (exact) mass is 294 g/mol. The topological polar surface area (TPSA) is 84.5 Å². The summed E-state index contributed by atoms with van der Waals surface area (Å²) in [6, 6.07) is -0.592. The number of ether oxygens (including phenoxy) is 1. The fourth-order valence-electron chi connectivity index (χ4n) is 4.87. The number of hydrogen-bond acceptors (Lipinski definition) is 4. The number of rotatable bonds is 3. The summed E-state index contributed by atoms with van der Waals surface area (Å²) < 4.78 is 5.20. The van der Waals surface area contributed by atoms with E-state index in [1.807, 2.05) is 0 Å². The molecule has 6 heteroatoms. The quantitative estimate of drug-likeness (QED) is 0.766. The summed E-state index contributed by atoms with van der Waals surface area (Å²) in [5, 5.41) is 4.37.